The molecule has 0 radical (unpaired) electrons. The maximum Gasteiger partial charge on any atom is 0.228 e. The summed E-state index contributed by atoms with van der Waals surface area (Å²) in [6.45, 7) is 4.07. The Morgan fingerprint density at radius 3 is 2.81 bits per heavy atom. The maximum atomic E-state index is 15.0. The molecule has 1 N–H and O–H groups in total. The number of carbonyl (C=O) groups is 2. The van der Waals surface area contributed by atoms with Gasteiger partial charge in [-0.25, -0.2) is 9.37 Å². The van der Waals surface area contributed by atoms with Crippen LogP contribution in [0.15, 0.2) is 24.4 Å². The molecule has 0 spiro atoms. The second-order valence-corrected chi connectivity index (χ2v) is 10.3. The lowest BCUT2D eigenvalue weighted by atomic mass is 9.78. The molecule has 1 aliphatic rings. The number of ketones is 1. The highest BCUT2D eigenvalue weighted by Crippen LogP contribution is 2.36. The number of terminal acetylenes is 1. The first kappa shape index (κ1) is 25.8. The second kappa shape index (κ2) is 10.8. The van der Waals surface area contributed by atoms with Gasteiger partial charge in [0.05, 0.1) is 11.4 Å². The molecule has 2 heterocycles. The van der Waals surface area contributed by atoms with Gasteiger partial charge in [-0.1, -0.05) is 37.8 Å². The summed E-state index contributed by atoms with van der Waals surface area (Å²) in [5, 5.41) is 8.32. The van der Waals surface area contributed by atoms with Crippen LogP contribution in [0.25, 0.3) is 22.0 Å². The SMILES string of the molecule is C#CCC(=O)C[C@@H]1CCC[C@H](C(=O)Nc2cc(-c3cc(F)c4nn(C)c(C(C)C)c4c3)c(Cl)cn2)C1. The smallest absolute Gasteiger partial charge is 0.228 e. The Morgan fingerprint density at radius 1 is 1.31 bits per heavy atom. The number of carbonyl (C=O) groups excluding carboxylic acids is 2. The van der Waals surface area contributed by atoms with Crippen molar-refractivity contribution < 1.29 is 14.0 Å². The summed E-state index contributed by atoms with van der Waals surface area (Å²) in [4.78, 5) is 29.3. The molecular formula is C28H30ClFN4O2. The Hall–Kier alpha value is -3.24. The van der Waals surface area contributed by atoms with Crippen LogP contribution in [0.5, 0.6) is 0 Å². The Labute approximate surface area is 215 Å². The maximum absolute atomic E-state index is 15.0. The van der Waals surface area contributed by atoms with E-state index in [9.17, 15) is 9.59 Å². The van der Waals surface area contributed by atoms with Gasteiger partial charge in [-0.05, 0) is 54.9 Å². The zero-order chi connectivity index (χ0) is 26.0. The highest BCUT2D eigenvalue weighted by atomic mass is 35.5. The van der Waals surface area contributed by atoms with Crippen molar-refractivity contribution in [1.82, 2.24) is 14.8 Å². The monoisotopic (exact) mass is 508 g/mol. The van der Waals surface area contributed by atoms with Crippen LogP contribution in [0.2, 0.25) is 5.02 Å². The van der Waals surface area contributed by atoms with E-state index in [0.29, 0.717) is 40.3 Å². The van der Waals surface area contributed by atoms with Crippen LogP contribution in [-0.2, 0) is 16.6 Å². The van der Waals surface area contributed by atoms with Crippen LogP contribution in [0.1, 0.15) is 64.0 Å². The number of halogens is 2. The van der Waals surface area contributed by atoms with Crippen LogP contribution in [0.4, 0.5) is 10.2 Å². The number of aryl methyl sites for hydroxylation is 1. The number of benzene rings is 1. The van der Waals surface area contributed by atoms with Crippen molar-refractivity contribution in [3.63, 3.8) is 0 Å². The number of fused-ring (bicyclic) bond motifs is 1. The van der Waals surface area contributed by atoms with Gasteiger partial charge in [0, 0.05) is 42.2 Å². The number of anilines is 1. The first-order valence-corrected chi connectivity index (χ1v) is 12.6. The molecule has 4 rings (SSSR count). The summed E-state index contributed by atoms with van der Waals surface area (Å²) in [7, 11) is 1.81. The summed E-state index contributed by atoms with van der Waals surface area (Å²) in [5.41, 5.74) is 2.40. The quantitative estimate of drug-likeness (QED) is 0.381. The van der Waals surface area contributed by atoms with Gasteiger partial charge in [-0.15, -0.1) is 6.42 Å². The lowest BCUT2D eigenvalue weighted by Crippen LogP contribution is -2.29. The van der Waals surface area contributed by atoms with Crippen LogP contribution >= 0.6 is 11.6 Å². The highest BCUT2D eigenvalue weighted by molar-refractivity contribution is 6.33. The van der Waals surface area contributed by atoms with E-state index in [1.807, 2.05) is 27.0 Å². The van der Waals surface area contributed by atoms with Crippen molar-refractivity contribution in [2.75, 3.05) is 5.32 Å². The van der Waals surface area contributed by atoms with E-state index < -0.39 is 5.82 Å². The Bertz CT molecular complexity index is 1360. The van der Waals surface area contributed by atoms with Crippen LogP contribution < -0.4 is 5.32 Å². The summed E-state index contributed by atoms with van der Waals surface area (Å²) in [5.74, 6) is 2.32. The molecule has 6 nitrogen and oxygen atoms in total. The highest BCUT2D eigenvalue weighted by Gasteiger charge is 2.29. The third-order valence-electron chi connectivity index (χ3n) is 6.87. The standard InChI is InChI=1S/C28H30ClFN4O2/c1-5-7-20(35)11-17-8-6-9-18(10-17)28(36)32-25-14-21(23(29)15-31-25)19-12-22-26(24(30)13-19)33-34(4)27(22)16(2)3/h1,12-18H,6-11H2,2-4H3,(H,31,32,36)/t17-,18+/m1/s1. The van der Waals surface area contributed by atoms with Crippen LogP contribution in [-0.4, -0.2) is 26.5 Å². The molecule has 1 saturated carbocycles. The van der Waals surface area contributed by atoms with Crippen molar-refractivity contribution in [1.29, 1.82) is 0 Å². The van der Waals surface area contributed by atoms with Gasteiger partial charge in [-0.2, -0.15) is 5.10 Å². The number of nitrogens with zero attached hydrogens (tertiary/aromatic N) is 3. The number of aromatic nitrogens is 3. The van der Waals surface area contributed by atoms with Gasteiger partial charge in [0.25, 0.3) is 0 Å². The molecule has 0 saturated heterocycles. The summed E-state index contributed by atoms with van der Waals surface area (Å²) >= 11 is 6.46. The van der Waals surface area contributed by atoms with Gasteiger partial charge in [0.1, 0.15) is 17.1 Å². The predicted molar refractivity (Wildman–Crippen MR) is 140 cm³/mol. The fraction of sp³-hybridized carbons (Fsp3) is 0.429. The van der Waals surface area contributed by atoms with E-state index in [-0.39, 0.29) is 35.9 Å². The van der Waals surface area contributed by atoms with Crippen molar-refractivity contribution in [3.05, 3.63) is 40.9 Å². The predicted octanol–water partition coefficient (Wildman–Crippen LogP) is 6.28. The number of amides is 1. The third kappa shape index (κ3) is 5.44. The molecule has 1 fully saturated rings. The minimum atomic E-state index is -0.434. The van der Waals surface area contributed by atoms with Gasteiger partial charge in [-0.3, -0.25) is 14.3 Å². The van der Waals surface area contributed by atoms with E-state index in [1.165, 1.54) is 12.3 Å². The molecular weight excluding hydrogens is 479 g/mol. The molecule has 1 amide bonds. The Morgan fingerprint density at radius 2 is 2.08 bits per heavy atom. The molecule has 3 aromatic rings. The topological polar surface area (TPSA) is 76.9 Å². The first-order valence-electron chi connectivity index (χ1n) is 12.3. The van der Waals surface area contributed by atoms with E-state index in [1.54, 1.807) is 10.7 Å². The zero-order valence-electron chi connectivity index (χ0n) is 20.8. The lowest BCUT2D eigenvalue weighted by Gasteiger charge is -2.27. The lowest BCUT2D eigenvalue weighted by molar-refractivity contribution is -0.123. The third-order valence-corrected chi connectivity index (χ3v) is 7.17. The van der Waals surface area contributed by atoms with E-state index in [0.717, 1.165) is 30.3 Å². The summed E-state index contributed by atoms with van der Waals surface area (Å²) in [6.07, 6.45) is 10.5. The number of rotatable bonds is 7. The minimum Gasteiger partial charge on any atom is -0.310 e. The molecule has 2 atom stereocenters. The molecule has 188 valence electrons. The van der Waals surface area contributed by atoms with E-state index in [2.05, 4.69) is 21.3 Å². The molecule has 2 aromatic heterocycles. The number of Topliss-reactive ketones (excluding diaryl/α,β-unsaturated/α-hetero) is 1. The number of hydrogen-bond donors (Lipinski definition) is 1. The number of nitrogens with one attached hydrogen (secondary N) is 1. The average molecular weight is 509 g/mol. The first-order chi connectivity index (χ1) is 17.2. The van der Waals surface area contributed by atoms with E-state index >= 15 is 4.39 Å². The number of hydrogen-bond acceptors (Lipinski definition) is 4. The van der Waals surface area contributed by atoms with Gasteiger partial charge in [0.15, 0.2) is 5.82 Å². The number of pyridine rings is 1. The van der Waals surface area contributed by atoms with Crippen molar-refractivity contribution in [2.45, 2.75) is 58.3 Å². The van der Waals surface area contributed by atoms with Gasteiger partial charge in [0.2, 0.25) is 5.91 Å². The van der Waals surface area contributed by atoms with Gasteiger partial charge < -0.3 is 5.32 Å². The second-order valence-electron chi connectivity index (χ2n) is 9.91. The van der Waals surface area contributed by atoms with Crippen molar-refractivity contribution in [2.24, 2.45) is 18.9 Å². The summed E-state index contributed by atoms with van der Waals surface area (Å²) < 4.78 is 16.7. The average Bonchev–Trinajstić information content (AvgIpc) is 3.17. The fourth-order valence-electron chi connectivity index (χ4n) is 5.29. The molecule has 36 heavy (non-hydrogen) atoms. The van der Waals surface area contributed by atoms with Crippen LogP contribution in [0, 0.1) is 30.0 Å². The molecule has 0 bridgehead atoms. The molecule has 0 aliphatic heterocycles. The molecule has 8 heteroatoms. The van der Waals surface area contributed by atoms with E-state index in [4.69, 9.17) is 18.0 Å². The van der Waals surface area contributed by atoms with Crippen LogP contribution in [0.3, 0.4) is 0 Å². The van der Waals surface area contributed by atoms with Crippen molar-refractivity contribution >= 4 is 40.0 Å². The minimum absolute atomic E-state index is 0.0472. The Balaban J connectivity index is 1.56. The van der Waals surface area contributed by atoms with Crippen molar-refractivity contribution in [3.8, 4) is 23.5 Å². The molecule has 1 aliphatic carbocycles. The van der Waals surface area contributed by atoms with Gasteiger partial charge >= 0.3 is 0 Å². The largest absolute Gasteiger partial charge is 0.310 e. The Kier molecular flexibility index (Phi) is 7.75. The fourth-order valence-corrected chi connectivity index (χ4v) is 5.51. The molecule has 0 unspecified atom stereocenters. The zero-order valence-corrected chi connectivity index (χ0v) is 21.5. The molecule has 1 aromatic carbocycles. The summed E-state index contributed by atoms with van der Waals surface area (Å²) in [6, 6.07) is 4.96. The normalized spacial score (nSPS) is 17.8.